The zero-order valence-electron chi connectivity index (χ0n) is 17.2. The van der Waals surface area contributed by atoms with Gasteiger partial charge in [0.15, 0.2) is 0 Å². The maximum Gasteiger partial charge on any atom is 0.243 e. The summed E-state index contributed by atoms with van der Waals surface area (Å²) in [4.78, 5) is 14.3. The predicted molar refractivity (Wildman–Crippen MR) is 110 cm³/mol. The molecule has 1 aliphatic heterocycles. The molecule has 5 nitrogen and oxygen atoms in total. The van der Waals surface area contributed by atoms with Gasteiger partial charge < -0.3 is 4.90 Å². The summed E-state index contributed by atoms with van der Waals surface area (Å²) in [5.74, 6) is -0.376. The van der Waals surface area contributed by atoms with Crippen LogP contribution in [0.3, 0.4) is 0 Å². The highest BCUT2D eigenvalue weighted by molar-refractivity contribution is 7.89. The van der Waals surface area contributed by atoms with E-state index in [1.165, 1.54) is 23.5 Å². The summed E-state index contributed by atoms with van der Waals surface area (Å²) in [5.41, 5.74) is 2.66. The van der Waals surface area contributed by atoms with Crippen molar-refractivity contribution in [3.63, 3.8) is 0 Å². The summed E-state index contributed by atoms with van der Waals surface area (Å²) in [6.45, 7) is 6.58. The molecule has 0 spiro atoms. The minimum absolute atomic E-state index is 0.0750. The van der Waals surface area contributed by atoms with Crippen LogP contribution in [0.25, 0.3) is 0 Å². The van der Waals surface area contributed by atoms with E-state index in [0.717, 1.165) is 17.5 Å². The Labute approximate surface area is 172 Å². The molecule has 29 heavy (non-hydrogen) atoms. The Kier molecular flexibility index (Phi) is 6.10. The number of carbonyl (C=O) groups is 1. The highest BCUT2D eigenvalue weighted by Gasteiger charge is 2.29. The molecule has 1 unspecified atom stereocenters. The lowest BCUT2D eigenvalue weighted by Gasteiger charge is -2.31. The van der Waals surface area contributed by atoms with Crippen LogP contribution in [0.15, 0.2) is 47.4 Å². The van der Waals surface area contributed by atoms with E-state index >= 15 is 0 Å². The van der Waals surface area contributed by atoms with Crippen LogP contribution >= 0.6 is 0 Å². The number of benzene rings is 2. The van der Waals surface area contributed by atoms with Gasteiger partial charge in [-0.1, -0.05) is 32.0 Å². The van der Waals surface area contributed by atoms with Gasteiger partial charge in [-0.2, -0.15) is 4.31 Å². The van der Waals surface area contributed by atoms with Crippen molar-refractivity contribution in [2.75, 3.05) is 13.6 Å². The van der Waals surface area contributed by atoms with Crippen LogP contribution in [-0.2, 0) is 27.8 Å². The van der Waals surface area contributed by atoms with Crippen LogP contribution in [0.1, 0.15) is 43.5 Å². The second-order valence-electron chi connectivity index (χ2n) is 7.84. The van der Waals surface area contributed by atoms with Crippen LogP contribution < -0.4 is 0 Å². The van der Waals surface area contributed by atoms with Crippen LogP contribution in [0.5, 0.6) is 0 Å². The van der Waals surface area contributed by atoms with Crippen LogP contribution in [0.2, 0.25) is 0 Å². The molecule has 2 aromatic carbocycles. The molecule has 0 saturated heterocycles. The summed E-state index contributed by atoms with van der Waals surface area (Å²) in [5, 5.41) is 0. The minimum Gasteiger partial charge on any atom is -0.338 e. The second kappa shape index (κ2) is 8.24. The standard InChI is InChI=1S/C22H27FN2O3S/c1-15(2)22(26)25-12-11-18-7-10-21(13-19(18)14-25)29(27,28)24(4)16(3)17-5-8-20(23)9-6-17/h5-10,13,15-16H,11-12,14H2,1-4H3. The minimum atomic E-state index is -3.75. The Balaban J connectivity index is 1.87. The van der Waals surface area contributed by atoms with E-state index in [4.69, 9.17) is 0 Å². The first kappa shape index (κ1) is 21.5. The molecule has 0 N–H and O–H groups in total. The number of halogens is 1. The predicted octanol–water partition coefficient (Wildman–Crippen LogP) is 3.75. The molecule has 1 heterocycles. The smallest absolute Gasteiger partial charge is 0.243 e. The fourth-order valence-corrected chi connectivity index (χ4v) is 4.97. The van der Waals surface area contributed by atoms with Crippen LogP contribution in [0, 0.1) is 11.7 Å². The average molecular weight is 419 g/mol. The van der Waals surface area contributed by atoms with Gasteiger partial charge in [-0.05, 0) is 54.3 Å². The molecule has 1 atom stereocenters. The van der Waals surface area contributed by atoms with Gasteiger partial charge in [0.1, 0.15) is 5.82 Å². The Morgan fingerprint density at radius 3 is 2.34 bits per heavy atom. The monoisotopic (exact) mass is 418 g/mol. The summed E-state index contributed by atoms with van der Waals surface area (Å²) >= 11 is 0. The van der Waals surface area contributed by atoms with E-state index in [-0.39, 0.29) is 22.5 Å². The third-order valence-electron chi connectivity index (χ3n) is 5.57. The van der Waals surface area contributed by atoms with Gasteiger partial charge >= 0.3 is 0 Å². The summed E-state index contributed by atoms with van der Waals surface area (Å²) in [7, 11) is -2.22. The molecule has 7 heteroatoms. The Bertz CT molecular complexity index is 1000. The first-order valence-electron chi connectivity index (χ1n) is 9.75. The van der Waals surface area contributed by atoms with Crippen molar-refractivity contribution in [3.8, 4) is 0 Å². The van der Waals surface area contributed by atoms with Gasteiger partial charge in [-0.25, -0.2) is 12.8 Å². The van der Waals surface area contributed by atoms with Crippen molar-refractivity contribution in [1.29, 1.82) is 0 Å². The summed E-state index contributed by atoms with van der Waals surface area (Å²) in [6, 6.07) is 10.5. The third-order valence-corrected chi connectivity index (χ3v) is 7.49. The van der Waals surface area contributed by atoms with Crippen molar-refractivity contribution >= 4 is 15.9 Å². The van der Waals surface area contributed by atoms with E-state index in [2.05, 4.69) is 0 Å². The molecule has 1 aliphatic rings. The van der Waals surface area contributed by atoms with Gasteiger partial charge in [0.25, 0.3) is 0 Å². The Morgan fingerprint density at radius 2 is 1.72 bits per heavy atom. The van der Waals surface area contributed by atoms with Gasteiger partial charge in [0.05, 0.1) is 4.90 Å². The van der Waals surface area contributed by atoms with Gasteiger partial charge in [-0.3, -0.25) is 4.79 Å². The normalized spacial score (nSPS) is 15.5. The number of hydrogen-bond acceptors (Lipinski definition) is 3. The van der Waals surface area contributed by atoms with Crippen molar-refractivity contribution in [2.24, 2.45) is 5.92 Å². The fourth-order valence-electron chi connectivity index (χ4n) is 3.57. The Hall–Kier alpha value is -2.25. The molecule has 0 bridgehead atoms. The molecular weight excluding hydrogens is 391 g/mol. The van der Waals surface area contributed by atoms with E-state index in [9.17, 15) is 17.6 Å². The lowest BCUT2D eigenvalue weighted by atomic mass is 9.99. The first-order chi connectivity index (χ1) is 13.6. The molecule has 0 radical (unpaired) electrons. The molecule has 0 aromatic heterocycles. The average Bonchev–Trinajstić information content (AvgIpc) is 2.71. The van der Waals surface area contributed by atoms with Crippen LogP contribution in [0.4, 0.5) is 4.39 Å². The van der Waals surface area contributed by atoms with Gasteiger partial charge in [0.2, 0.25) is 15.9 Å². The zero-order valence-corrected chi connectivity index (χ0v) is 18.0. The number of amides is 1. The number of fused-ring (bicyclic) bond motifs is 1. The van der Waals surface area contributed by atoms with E-state index in [0.29, 0.717) is 18.7 Å². The van der Waals surface area contributed by atoms with E-state index in [1.54, 1.807) is 36.1 Å². The lowest BCUT2D eigenvalue weighted by Crippen LogP contribution is -2.38. The number of sulfonamides is 1. The molecular formula is C22H27FN2O3S. The number of hydrogen-bond donors (Lipinski definition) is 0. The van der Waals surface area contributed by atoms with Crippen molar-refractivity contribution < 1.29 is 17.6 Å². The molecule has 0 fully saturated rings. The quantitative estimate of drug-likeness (QED) is 0.743. The first-order valence-corrected chi connectivity index (χ1v) is 11.2. The topological polar surface area (TPSA) is 57.7 Å². The molecule has 3 rings (SSSR count). The number of carbonyl (C=O) groups excluding carboxylic acids is 1. The van der Waals surface area contributed by atoms with E-state index in [1.807, 2.05) is 19.9 Å². The molecule has 0 aliphatic carbocycles. The molecule has 0 saturated carbocycles. The van der Waals surface area contributed by atoms with Crippen molar-refractivity contribution in [1.82, 2.24) is 9.21 Å². The maximum absolute atomic E-state index is 13.2. The van der Waals surface area contributed by atoms with Crippen molar-refractivity contribution in [3.05, 3.63) is 65.0 Å². The zero-order chi connectivity index (χ0) is 21.3. The highest BCUT2D eigenvalue weighted by atomic mass is 32.2. The highest BCUT2D eigenvalue weighted by Crippen LogP contribution is 2.29. The van der Waals surface area contributed by atoms with Crippen LogP contribution in [-0.4, -0.2) is 37.1 Å². The molecule has 156 valence electrons. The number of rotatable bonds is 5. The largest absolute Gasteiger partial charge is 0.338 e. The maximum atomic E-state index is 13.2. The van der Waals surface area contributed by atoms with Gasteiger partial charge in [-0.15, -0.1) is 0 Å². The van der Waals surface area contributed by atoms with Gasteiger partial charge in [0, 0.05) is 32.1 Å². The molecule has 2 aromatic rings. The molecule has 1 amide bonds. The number of nitrogens with zero attached hydrogens (tertiary/aromatic N) is 2. The van der Waals surface area contributed by atoms with Crippen molar-refractivity contribution in [2.45, 2.75) is 44.7 Å². The lowest BCUT2D eigenvalue weighted by molar-refractivity contribution is -0.135. The fraction of sp³-hybridized carbons (Fsp3) is 0.409. The Morgan fingerprint density at radius 1 is 1.07 bits per heavy atom. The second-order valence-corrected chi connectivity index (χ2v) is 9.84. The summed E-state index contributed by atoms with van der Waals surface area (Å²) in [6.07, 6.45) is 0.718. The third kappa shape index (κ3) is 4.36. The summed E-state index contributed by atoms with van der Waals surface area (Å²) < 4.78 is 40.9. The SMILES string of the molecule is CC(C)C(=O)N1CCc2ccc(S(=O)(=O)N(C)C(C)c3ccc(F)cc3)cc2C1. The van der Waals surface area contributed by atoms with E-state index < -0.39 is 16.1 Å².